The summed E-state index contributed by atoms with van der Waals surface area (Å²) in [5.41, 5.74) is 7.25. The van der Waals surface area contributed by atoms with Gasteiger partial charge in [0.2, 0.25) is 5.91 Å². The number of aromatic nitrogens is 3. The Balaban J connectivity index is 1.61. The molecule has 4 rings (SSSR count). The van der Waals surface area contributed by atoms with Crippen molar-refractivity contribution in [3.63, 3.8) is 0 Å². The van der Waals surface area contributed by atoms with E-state index >= 15 is 0 Å². The van der Waals surface area contributed by atoms with Gasteiger partial charge in [0, 0.05) is 36.4 Å². The molecule has 0 aliphatic heterocycles. The van der Waals surface area contributed by atoms with E-state index in [1.165, 1.54) is 6.08 Å². The van der Waals surface area contributed by atoms with E-state index in [9.17, 15) is 9.59 Å². The van der Waals surface area contributed by atoms with Crippen LogP contribution in [0.1, 0.15) is 36.7 Å². The second kappa shape index (κ2) is 9.86. The summed E-state index contributed by atoms with van der Waals surface area (Å²) in [7, 11) is 1.96. The summed E-state index contributed by atoms with van der Waals surface area (Å²) in [5, 5.41) is 7.20. The molecule has 1 aromatic carbocycles. The third-order valence-corrected chi connectivity index (χ3v) is 6.49. The fraction of sp³-hybridized carbons (Fsp3) is 0.320. The average Bonchev–Trinajstić information content (AvgIpc) is 2.84. The summed E-state index contributed by atoms with van der Waals surface area (Å²) in [4.78, 5) is 39.3. The predicted octanol–water partition coefficient (Wildman–Crippen LogP) is 3.16. The van der Waals surface area contributed by atoms with Crippen LogP contribution in [0.5, 0.6) is 0 Å². The van der Waals surface area contributed by atoms with Crippen molar-refractivity contribution >= 4 is 40.0 Å². The van der Waals surface area contributed by atoms with Gasteiger partial charge >= 0.3 is 0 Å². The van der Waals surface area contributed by atoms with E-state index < -0.39 is 5.91 Å². The Labute approximate surface area is 198 Å². The zero-order valence-corrected chi connectivity index (χ0v) is 19.4. The van der Waals surface area contributed by atoms with Crippen molar-refractivity contribution in [2.45, 2.75) is 38.3 Å². The highest BCUT2D eigenvalue weighted by atomic mass is 16.2. The van der Waals surface area contributed by atoms with Crippen LogP contribution >= 0.6 is 0 Å². The highest BCUT2D eigenvalue weighted by Gasteiger charge is 2.34. The number of nitrogens with zero attached hydrogens (tertiary/aromatic N) is 4. The molecule has 0 saturated heterocycles. The van der Waals surface area contributed by atoms with Crippen LogP contribution in [0.25, 0.3) is 10.9 Å². The molecule has 0 radical (unpaired) electrons. The van der Waals surface area contributed by atoms with Crippen LogP contribution in [-0.2, 0) is 4.79 Å². The Bertz CT molecular complexity index is 1230. The number of fused-ring (bicyclic) bond motifs is 1. The molecular weight excluding hydrogens is 430 g/mol. The molecule has 2 heterocycles. The first-order valence-corrected chi connectivity index (χ1v) is 11.3. The van der Waals surface area contributed by atoms with E-state index in [-0.39, 0.29) is 29.6 Å². The fourth-order valence-electron chi connectivity index (χ4n) is 4.61. The van der Waals surface area contributed by atoms with E-state index in [0.29, 0.717) is 11.6 Å². The van der Waals surface area contributed by atoms with Gasteiger partial charge in [0.1, 0.15) is 5.82 Å². The number of hydrogen-bond acceptors (Lipinski definition) is 7. The molecule has 1 unspecified atom stereocenters. The summed E-state index contributed by atoms with van der Waals surface area (Å²) in [6, 6.07) is 9.71. The molecule has 2 amide bonds. The van der Waals surface area contributed by atoms with E-state index in [2.05, 4.69) is 39.0 Å². The quantitative estimate of drug-likeness (QED) is 0.463. The standard InChI is InChI=1S/C25H29N7O2/c1-4-22(33)30-18-8-5-9-20(15(18)2)32(3)21-14-28-23(24(26)34)25(31-21)29-17-10-11-19-16(13-17)7-6-12-27-19/h4,6-7,10-15,18,20H,1,5,8-9H2,2-3H3,(H2,26,34)(H,29,31)(H,30,33)/t15-,18?,20+/m0/s1. The lowest BCUT2D eigenvalue weighted by Crippen LogP contribution is -2.51. The van der Waals surface area contributed by atoms with Crippen LogP contribution in [-0.4, -0.2) is 45.9 Å². The second-order valence-corrected chi connectivity index (χ2v) is 8.61. The molecule has 1 saturated carbocycles. The van der Waals surface area contributed by atoms with Crippen LogP contribution in [0, 0.1) is 5.92 Å². The van der Waals surface area contributed by atoms with Gasteiger partial charge in [-0.05, 0) is 55.5 Å². The minimum Gasteiger partial charge on any atom is -0.364 e. The first-order valence-electron chi connectivity index (χ1n) is 11.3. The SMILES string of the molecule is C=CC(=O)NC1CCC[C@@H](N(C)c2cnc(C(N)=O)c(Nc3ccc4ncccc4c3)n2)[C@H]1C. The average molecular weight is 460 g/mol. The maximum Gasteiger partial charge on any atom is 0.271 e. The molecule has 9 nitrogen and oxygen atoms in total. The molecule has 34 heavy (non-hydrogen) atoms. The van der Waals surface area contributed by atoms with E-state index in [1.54, 1.807) is 12.4 Å². The van der Waals surface area contributed by atoms with E-state index in [4.69, 9.17) is 10.7 Å². The highest BCUT2D eigenvalue weighted by molar-refractivity contribution is 5.96. The monoisotopic (exact) mass is 459 g/mol. The number of anilines is 3. The normalized spacial score (nSPS) is 19.9. The summed E-state index contributed by atoms with van der Waals surface area (Å²) >= 11 is 0. The molecule has 3 atom stereocenters. The first-order chi connectivity index (χ1) is 16.4. The van der Waals surface area contributed by atoms with Crippen LogP contribution in [0.4, 0.5) is 17.3 Å². The molecule has 2 aromatic heterocycles. The minimum absolute atomic E-state index is 0.0494. The maximum absolute atomic E-state index is 12.0. The lowest BCUT2D eigenvalue weighted by Gasteiger charge is -2.41. The molecule has 0 bridgehead atoms. The first kappa shape index (κ1) is 23.2. The third kappa shape index (κ3) is 4.83. The van der Waals surface area contributed by atoms with Crippen molar-refractivity contribution < 1.29 is 9.59 Å². The predicted molar refractivity (Wildman–Crippen MR) is 133 cm³/mol. The number of pyridine rings is 1. The third-order valence-electron chi connectivity index (χ3n) is 6.49. The maximum atomic E-state index is 12.0. The molecule has 3 aromatic rings. The summed E-state index contributed by atoms with van der Waals surface area (Å²) in [5.74, 6) is 0.264. The van der Waals surface area contributed by atoms with Crippen LogP contribution in [0.3, 0.4) is 0 Å². The van der Waals surface area contributed by atoms with Crippen molar-refractivity contribution in [2.24, 2.45) is 11.7 Å². The van der Waals surface area contributed by atoms with Crippen LogP contribution in [0.2, 0.25) is 0 Å². The highest BCUT2D eigenvalue weighted by Crippen LogP contribution is 2.31. The van der Waals surface area contributed by atoms with Gasteiger partial charge in [-0.3, -0.25) is 14.6 Å². The van der Waals surface area contributed by atoms with Gasteiger partial charge < -0.3 is 21.3 Å². The van der Waals surface area contributed by atoms with Gasteiger partial charge in [-0.1, -0.05) is 19.6 Å². The number of carbonyl (C=O) groups is 2. The largest absolute Gasteiger partial charge is 0.364 e. The molecule has 0 spiro atoms. The summed E-state index contributed by atoms with van der Waals surface area (Å²) in [6.07, 6.45) is 7.46. The second-order valence-electron chi connectivity index (χ2n) is 8.61. The number of nitrogens with two attached hydrogens (primary N) is 1. The van der Waals surface area contributed by atoms with E-state index in [0.717, 1.165) is 35.9 Å². The number of hydrogen-bond donors (Lipinski definition) is 3. The molecule has 4 N–H and O–H groups in total. The van der Waals surface area contributed by atoms with Gasteiger partial charge in [-0.15, -0.1) is 0 Å². The topological polar surface area (TPSA) is 126 Å². The van der Waals surface area contributed by atoms with Gasteiger partial charge in [-0.25, -0.2) is 9.97 Å². The van der Waals surface area contributed by atoms with Crippen molar-refractivity contribution in [1.82, 2.24) is 20.3 Å². The van der Waals surface area contributed by atoms with Crippen molar-refractivity contribution in [3.8, 4) is 0 Å². The number of amides is 2. The Morgan fingerprint density at radius 1 is 1.24 bits per heavy atom. The fourth-order valence-corrected chi connectivity index (χ4v) is 4.61. The number of carbonyl (C=O) groups excluding carboxylic acids is 2. The van der Waals surface area contributed by atoms with Gasteiger partial charge in [0.05, 0.1) is 11.7 Å². The Morgan fingerprint density at radius 2 is 2.06 bits per heavy atom. The smallest absolute Gasteiger partial charge is 0.271 e. The molecule has 1 aliphatic carbocycles. The Hall–Kier alpha value is -4.01. The molecule has 9 heteroatoms. The number of rotatable bonds is 7. The van der Waals surface area contributed by atoms with Gasteiger partial charge in [0.25, 0.3) is 5.91 Å². The molecule has 176 valence electrons. The van der Waals surface area contributed by atoms with Gasteiger partial charge in [0.15, 0.2) is 11.5 Å². The number of primary amides is 1. The lowest BCUT2D eigenvalue weighted by molar-refractivity contribution is -0.117. The zero-order chi connectivity index (χ0) is 24.2. The summed E-state index contributed by atoms with van der Waals surface area (Å²) in [6.45, 7) is 5.67. The Morgan fingerprint density at radius 3 is 2.82 bits per heavy atom. The summed E-state index contributed by atoms with van der Waals surface area (Å²) < 4.78 is 0. The van der Waals surface area contributed by atoms with Crippen molar-refractivity contribution in [1.29, 1.82) is 0 Å². The Kier molecular flexibility index (Phi) is 6.72. The lowest BCUT2D eigenvalue weighted by atomic mass is 9.81. The molecule has 1 fully saturated rings. The minimum atomic E-state index is -0.662. The molecule has 1 aliphatic rings. The van der Waals surface area contributed by atoms with Crippen LogP contribution < -0.4 is 21.3 Å². The number of nitrogens with one attached hydrogen (secondary N) is 2. The zero-order valence-electron chi connectivity index (χ0n) is 19.4. The molecular formula is C25H29N7O2. The van der Waals surface area contributed by atoms with Crippen molar-refractivity contribution in [2.75, 3.05) is 17.3 Å². The van der Waals surface area contributed by atoms with E-state index in [1.807, 2.05) is 37.4 Å². The van der Waals surface area contributed by atoms with Crippen molar-refractivity contribution in [3.05, 3.63) is 61.1 Å². The number of benzene rings is 1. The van der Waals surface area contributed by atoms with Crippen LogP contribution in [0.15, 0.2) is 55.4 Å². The van der Waals surface area contributed by atoms with Gasteiger partial charge in [-0.2, -0.15) is 0 Å².